The van der Waals surface area contributed by atoms with Crippen LogP contribution in [0.5, 0.6) is 0 Å². The lowest BCUT2D eigenvalue weighted by molar-refractivity contribution is 0.198. The fourth-order valence-corrected chi connectivity index (χ4v) is 1.96. The molecule has 2 rings (SSSR count). The number of nitrogens with one attached hydrogen (secondary N) is 1. The minimum absolute atomic E-state index is 0.0262. The Labute approximate surface area is 95.6 Å². The van der Waals surface area contributed by atoms with Crippen LogP contribution in [0.3, 0.4) is 0 Å². The highest BCUT2D eigenvalue weighted by Gasteiger charge is 2.14. The molecule has 16 heavy (non-hydrogen) atoms. The molecule has 0 unspecified atom stereocenters. The first-order chi connectivity index (χ1) is 7.86. The summed E-state index contributed by atoms with van der Waals surface area (Å²) in [5.41, 5.74) is 0. The van der Waals surface area contributed by atoms with Crippen molar-refractivity contribution in [3.8, 4) is 0 Å². The molecule has 4 nitrogen and oxygen atoms in total. The van der Waals surface area contributed by atoms with Crippen LogP contribution in [0.1, 0.15) is 31.4 Å². The Morgan fingerprint density at radius 2 is 2.06 bits per heavy atom. The zero-order valence-electron chi connectivity index (χ0n) is 9.45. The predicted molar refractivity (Wildman–Crippen MR) is 61.0 cm³/mol. The summed E-state index contributed by atoms with van der Waals surface area (Å²) in [5.74, 6) is 0.795. The van der Waals surface area contributed by atoms with Gasteiger partial charge < -0.3 is 14.6 Å². The summed E-state index contributed by atoms with van der Waals surface area (Å²) in [6.45, 7) is 2.23. The maximum absolute atomic E-state index is 11.8. The van der Waals surface area contributed by atoms with E-state index in [2.05, 4.69) is 5.32 Å². The summed E-state index contributed by atoms with van der Waals surface area (Å²) in [4.78, 5) is 13.7. The van der Waals surface area contributed by atoms with Gasteiger partial charge in [0.15, 0.2) is 0 Å². The minimum Gasteiger partial charge on any atom is -0.467 e. The van der Waals surface area contributed by atoms with Crippen molar-refractivity contribution in [3.05, 3.63) is 24.2 Å². The van der Waals surface area contributed by atoms with E-state index in [1.165, 1.54) is 12.8 Å². The molecule has 0 atom stereocenters. The van der Waals surface area contributed by atoms with Crippen LogP contribution in [0, 0.1) is 0 Å². The summed E-state index contributed by atoms with van der Waals surface area (Å²) < 4.78 is 5.16. The molecule has 0 bridgehead atoms. The van der Waals surface area contributed by atoms with E-state index in [0.29, 0.717) is 6.54 Å². The van der Waals surface area contributed by atoms with E-state index in [9.17, 15) is 4.79 Å². The Morgan fingerprint density at radius 3 is 2.69 bits per heavy atom. The van der Waals surface area contributed by atoms with E-state index < -0.39 is 0 Å². The summed E-state index contributed by atoms with van der Waals surface area (Å²) in [6.07, 6.45) is 6.33. The lowest BCUT2D eigenvalue weighted by atomic mass is 10.2. The van der Waals surface area contributed by atoms with Crippen LogP contribution in [-0.2, 0) is 6.54 Å². The molecule has 88 valence electrons. The number of hydrogen-bond donors (Lipinski definition) is 1. The van der Waals surface area contributed by atoms with Crippen molar-refractivity contribution in [2.24, 2.45) is 0 Å². The van der Waals surface area contributed by atoms with Gasteiger partial charge in [0.2, 0.25) is 0 Å². The molecule has 0 spiro atoms. The molecule has 1 fully saturated rings. The highest BCUT2D eigenvalue weighted by molar-refractivity contribution is 5.74. The molecule has 1 aromatic heterocycles. The number of amides is 2. The third-order valence-corrected chi connectivity index (χ3v) is 2.89. The molecular weight excluding hydrogens is 204 g/mol. The predicted octanol–water partition coefficient (Wildman–Crippen LogP) is 2.37. The van der Waals surface area contributed by atoms with Gasteiger partial charge in [0.1, 0.15) is 5.76 Å². The molecule has 1 aromatic rings. The fraction of sp³-hybridized carbons (Fsp3) is 0.583. The standard InChI is InChI=1S/C12H18N2O2/c15-12(13-10-11-6-5-9-16-11)14-7-3-1-2-4-8-14/h5-6,9H,1-4,7-8,10H2,(H,13,15). The van der Waals surface area contributed by atoms with E-state index in [4.69, 9.17) is 4.42 Å². The summed E-state index contributed by atoms with van der Waals surface area (Å²) in [5, 5.41) is 2.88. The average molecular weight is 222 g/mol. The largest absolute Gasteiger partial charge is 0.467 e. The zero-order chi connectivity index (χ0) is 11.2. The molecule has 0 radical (unpaired) electrons. The Hall–Kier alpha value is -1.45. The van der Waals surface area contributed by atoms with Crippen molar-refractivity contribution < 1.29 is 9.21 Å². The smallest absolute Gasteiger partial charge is 0.317 e. The Balaban J connectivity index is 1.78. The molecule has 1 aliphatic heterocycles. The molecule has 0 saturated carbocycles. The van der Waals surface area contributed by atoms with Gasteiger partial charge >= 0.3 is 6.03 Å². The van der Waals surface area contributed by atoms with Gasteiger partial charge in [0, 0.05) is 13.1 Å². The zero-order valence-corrected chi connectivity index (χ0v) is 9.45. The van der Waals surface area contributed by atoms with Gasteiger partial charge in [-0.15, -0.1) is 0 Å². The van der Waals surface area contributed by atoms with Crippen molar-refractivity contribution in [1.29, 1.82) is 0 Å². The van der Waals surface area contributed by atoms with Crippen LogP contribution in [0.2, 0.25) is 0 Å². The number of carbonyl (C=O) groups excluding carboxylic acids is 1. The Morgan fingerprint density at radius 1 is 1.31 bits per heavy atom. The maximum atomic E-state index is 11.8. The highest BCUT2D eigenvalue weighted by Crippen LogP contribution is 2.09. The molecule has 4 heteroatoms. The average Bonchev–Trinajstić information content (AvgIpc) is 2.66. The molecule has 1 aliphatic rings. The van der Waals surface area contributed by atoms with Gasteiger partial charge in [-0.3, -0.25) is 0 Å². The van der Waals surface area contributed by atoms with Crippen LogP contribution in [0.25, 0.3) is 0 Å². The van der Waals surface area contributed by atoms with E-state index in [1.54, 1.807) is 6.26 Å². The van der Waals surface area contributed by atoms with Gasteiger partial charge in [-0.05, 0) is 25.0 Å². The van der Waals surface area contributed by atoms with Gasteiger partial charge in [-0.25, -0.2) is 4.79 Å². The van der Waals surface area contributed by atoms with E-state index in [-0.39, 0.29) is 6.03 Å². The van der Waals surface area contributed by atoms with Gasteiger partial charge in [0.05, 0.1) is 12.8 Å². The van der Waals surface area contributed by atoms with Gasteiger partial charge in [-0.1, -0.05) is 12.8 Å². The lowest BCUT2D eigenvalue weighted by Crippen LogP contribution is -2.40. The normalized spacial score (nSPS) is 16.9. The summed E-state index contributed by atoms with van der Waals surface area (Å²) in [6, 6.07) is 3.72. The third-order valence-electron chi connectivity index (χ3n) is 2.89. The van der Waals surface area contributed by atoms with E-state index in [0.717, 1.165) is 31.7 Å². The molecule has 2 heterocycles. The molecule has 0 aromatic carbocycles. The fourth-order valence-electron chi connectivity index (χ4n) is 1.96. The molecular formula is C12H18N2O2. The SMILES string of the molecule is O=C(NCc1ccco1)N1CCCCCC1. The Kier molecular flexibility index (Phi) is 3.86. The number of likely N-dealkylation sites (tertiary alicyclic amines) is 1. The van der Waals surface area contributed by atoms with Crippen LogP contribution < -0.4 is 5.32 Å². The third kappa shape index (κ3) is 3.02. The second-order valence-corrected chi connectivity index (χ2v) is 4.14. The molecule has 2 amide bonds. The first-order valence-corrected chi connectivity index (χ1v) is 5.91. The number of rotatable bonds is 2. The maximum Gasteiger partial charge on any atom is 0.317 e. The van der Waals surface area contributed by atoms with Crippen LogP contribution in [-0.4, -0.2) is 24.0 Å². The molecule has 1 N–H and O–H groups in total. The number of nitrogens with zero attached hydrogens (tertiary/aromatic N) is 1. The van der Waals surface area contributed by atoms with Crippen LogP contribution >= 0.6 is 0 Å². The number of hydrogen-bond acceptors (Lipinski definition) is 2. The second-order valence-electron chi connectivity index (χ2n) is 4.14. The van der Waals surface area contributed by atoms with Gasteiger partial charge in [-0.2, -0.15) is 0 Å². The number of furan rings is 1. The van der Waals surface area contributed by atoms with Crippen LogP contribution in [0.4, 0.5) is 4.79 Å². The number of urea groups is 1. The summed E-state index contributed by atoms with van der Waals surface area (Å²) in [7, 11) is 0. The number of carbonyl (C=O) groups is 1. The second kappa shape index (κ2) is 5.58. The van der Waals surface area contributed by atoms with Crippen molar-refractivity contribution in [2.75, 3.05) is 13.1 Å². The topological polar surface area (TPSA) is 45.5 Å². The van der Waals surface area contributed by atoms with E-state index >= 15 is 0 Å². The van der Waals surface area contributed by atoms with E-state index in [1.807, 2.05) is 17.0 Å². The molecule has 1 saturated heterocycles. The van der Waals surface area contributed by atoms with Crippen LogP contribution in [0.15, 0.2) is 22.8 Å². The molecule has 0 aliphatic carbocycles. The first-order valence-electron chi connectivity index (χ1n) is 5.91. The van der Waals surface area contributed by atoms with Crippen molar-refractivity contribution in [1.82, 2.24) is 10.2 Å². The first kappa shape index (κ1) is 11.0. The van der Waals surface area contributed by atoms with Crippen molar-refractivity contribution in [3.63, 3.8) is 0 Å². The van der Waals surface area contributed by atoms with Crippen molar-refractivity contribution in [2.45, 2.75) is 32.2 Å². The van der Waals surface area contributed by atoms with Gasteiger partial charge in [0.25, 0.3) is 0 Å². The minimum atomic E-state index is 0.0262. The van der Waals surface area contributed by atoms with Crippen molar-refractivity contribution >= 4 is 6.03 Å². The lowest BCUT2D eigenvalue weighted by Gasteiger charge is -2.20. The quantitative estimate of drug-likeness (QED) is 0.835. The highest BCUT2D eigenvalue weighted by atomic mass is 16.3. The monoisotopic (exact) mass is 222 g/mol. The Bertz CT molecular complexity index is 314. The summed E-state index contributed by atoms with van der Waals surface area (Å²) >= 11 is 0.